The van der Waals surface area contributed by atoms with Crippen LogP contribution in [0.5, 0.6) is 0 Å². The van der Waals surface area contributed by atoms with Gasteiger partial charge in [0.2, 0.25) is 5.60 Å². The molecule has 2 saturated carbocycles. The molecule has 4 heterocycles. The maximum absolute atomic E-state index is 13.4. The van der Waals surface area contributed by atoms with Crippen molar-refractivity contribution in [2.24, 2.45) is 28.1 Å². The van der Waals surface area contributed by atoms with Gasteiger partial charge in [-0.15, -0.1) is 0 Å². The van der Waals surface area contributed by atoms with Gasteiger partial charge in [0, 0.05) is 12.3 Å². The summed E-state index contributed by atoms with van der Waals surface area (Å²) in [5.74, 6) is -8.20. The lowest BCUT2D eigenvalue weighted by Crippen LogP contribution is -2.66. The summed E-state index contributed by atoms with van der Waals surface area (Å²) in [7, 11) is 0. The Morgan fingerprint density at radius 1 is 1.03 bits per heavy atom. The van der Waals surface area contributed by atoms with Gasteiger partial charge in [-0.2, -0.15) is 0 Å². The summed E-state index contributed by atoms with van der Waals surface area (Å²) >= 11 is 0. The number of carbonyl (C=O) groups is 3. The second kappa shape index (κ2) is 4.76. The van der Waals surface area contributed by atoms with Crippen molar-refractivity contribution in [3.05, 3.63) is 0 Å². The van der Waals surface area contributed by atoms with Crippen LogP contribution in [0.2, 0.25) is 0 Å². The second-order valence-electron chi connectivity index (χ2n) is 10.9. The fraction of sp³-hybridized carbons (Fsp3) is 0.850. The highest BCUT2D eigenvalue weighted by molar-refractivity contribution is 5.94. The van der Waals surface area contributed by atoms with Crippen LogP contribution in [0.25, 0.3) is 0 Å². The van der Waals surface area contributed by atoms with Crippen molar-refractivity contribution in [1.29, 1.82) is 0 Å². The molecule has 31 heavy (non-hydrogen) atoms. The summed E-state index contributed by atoms with van der Waals surface area (Å²) in [4.78, 5) is 38.3. The molecule has 4 N–H and O–H groups in total. The lowest BCUT2D eigenvalue weighted by atomic mass is 9.51. The monoisotopic (exact) mass is 440 g/mol. The van der Waals surface area contributed by atoms with Crippen LogP contribution in [-0.2, 0) is 33.3 Å². The van der Waals surface area contributed by atoms with Gasteiger partial charge in [0.25, 0.3) is 0 Å². The molecule has 6 rings (SSSR count). The van der Waals surface area contributed by atoms with E-state index >= 15 is 0 Å². The van der Waals surface area contributed by atoms with Crippen LogP contribution in [0.4, 0.5) is 0 Å². The number of hydrogen-bond acceptors (Lipinski definition) is 11. The van der Waals surface area contributed by atoms with Gasteiger partial charge < -0.3 is 34.6 Å². The molecule has 0 aromatic carbocycles. The van der Waals surface area contributed by atoms with E-state index in [0.29, 0.717) is 0 Å². The number of rotatable bonds is 0. The molecule has 2 aliphatic carbocycles. The van der Waals surface area contributed by atoms with Crippen LogP contribution in [0.15, 0.2) is 0 Å². The Hall–Kier alpha value is -1.79. The highest BCUT2D eigenvalue weighted by Crippen LogP contribution is 2.86. The van der Waals surface area contributed by atoms with E-state index in [1.807, 2.05) is 0 Å². The molecule has 6 fully saturated rings. The predicted octanol–water partition coefficient (Wildman–Crippen LogP) is -2.05. The van der Waals surface area contributed by atoms with E-state index in [1.54, 1.807) is 20.8 Å². The zero-order chi connectivity index (χ0) is 22.7. The van der Waals surface area contributed by atoms with Crippen LogP contribution in [-0.4, -0.2) is 79.9 Å². The van der Waals surface area contributed by atoms with Crippen molar-refractivity contribution in [3.8, 4) is 0 Å². The molecule has 0 radical (unpaired) electrons. The standard InChI is InChI=1S/C20H24O11/c1-6-12(23)28-7-5-16-11-8(21)9(15(2,3)4)17(16)10(22)13(24)30-20(17,27)31-19(16,14(25)29-11)18(6,7)26/h6-11,21-22,26-27H,5H2,1-4H3/t6-,7+,8-,9+,10+,11-,16+,17-,18-,19+,20-/m1/s1. The average molecular weight is 440 g/mol. The Labute approximate surface area is 176 Å². The van der Waals surface area contributed by atoms with Gasteiger partial charge in [-0.1, -0.05) is 20.8 Å². The number of esters is 3. The first kappa shape index (κ1) is 19.9. The maximum Gasteiger partial charge on any atom is 0.343 e. The summed E-state index contributed by atoms with van der Waals surface area (Å²) < 4.78 is 22.0. The quantitative estimate of drug-likeness (QED) is 0.242. The van der Waals surface area contributed by atoms with Crippen LogP contribution in [0.1, 0.15) is 34.1 Å². The highest BCUT2D eigenvalue weighted by atomic mass is 16.9. The highest BCUT2D eigenvalue weighted by Gasteiger charge is 3.06. The first-order chi connectivity index (χ1) is 14.2. The van der Waals surface area contributed by atoms with Crippen LogP contribution in [0.3, 0.4) is 0 Å². The summed E-state index contributed by atoms with van der Waals surface area (Å²) in [6.07, 6.45) is -6.29. The smallest absolute Gasteiger partial charge is 0.343 e. The van der Waals surface area contributed by atoms with Crippen molar-refractivity contribution >= 4 is 17.9 Å². The van der Waals surface area contributed by atoms with Gasteiger partial charge in [-0.3, -0.25) is 9.53 Å². The fourth-order valence-electron chi connectivity index (χ4n) is 8.30. The molecule has 4 saturated heterocycles. The number of ether oxygens (including phenoxy) is 4. The van der Waals surface area contributed by atoms with Crippen molar-refractivity contribution in [3.63, 3.8) is 0 Å². The van der Waals surface area contributed by atoms with E-state index in [4.69, 9.17) is 18.9 Å². The summed E-state index contributed by atoms with van der Waals surface area (Å²) in [5.41, 5.74) is -9.41. The fourth-order valence-corrected chi connectivity index (χ4v) is 8.30. The molecule has 0 unspecified atom stereocenters. The first-order valence-corrected chi connectivity index (χ1v) is 10.3. The van der Waals surface area contributed by atoms with Crippen molar-refractivity contribution < 1.29 is 53.8 Å². The van der Waals surface area contributed by atoms with E-state index in [0.717, 1.165) is 0 Å². The third-order valence-corrected chi connectivity index (χ3v) is 8.99. The number of carbonyl (C=O) groups excluding carboxylic acids is 3. The molecule has 0 aromatic heterocycles. The lowest BCUT2D eigenvalue weighted by molar-refractivity contribution is -0.387. The van der Waals surface area contributed by atoms with Gasteiger partial charge in [-0.25, -0.2) is 9.59 Å². The molecule has 170 valence electrons. The van der Waals surface area contributed by atoms with Gasteiger partial charge in [0.15, 0.2) is 11.7 Å². The maximum atomic E-state index is 13.4. The Bertz CT molecular complexity index is 973. The average Bonchev–Trinajstić information content (AvgIpc) is 3.29. The summed E-state index contributed by atoms with van der Waals surface area (Å²) in [6.45, 7) is 6.56. The normalized spacial score (nSPS) is 61.0. The topological polar surface area (TPSA) is 169 Å². The molecule has 0 aromatic rings. The van der Waals surface area contributed by atoms with Crippen LogP contribution >= 0.6 is 0 Å². The van der Waals surface area contributed by atoms with Gasteiger partial charge >= 0.3 is 23.9 Å². The molecule has 11 atom stereocenters. The molecule has 2 spiro atoms. The minimum atomic E-state index is -2.84. The zero-order valence-corrected chi connectivity index (χ0v) is 17.3. The Kier molecular flexibility index (Phi) is 3.05. The molecule has 0 amide bonds. The van der Waals surface area contributed by atoms with E-state index in [1.165, 1.54) is 6.92 Å². The summed E-state index contributed by atoms with van der Waals surface area (Å²) in [6, 6.07) is 0. The predicted molar refractivity (Wildman–Crippen MR) is 93.2 cm³/mol. The largest absolute Gasteiger partial charge is 0.459 e. The SMILES string of the molecule is C[C@@H]1C(=O)O[C@H]2C[C@@]34[C@@H]5OC(=O)[C@@]3(O[C@]3(O)OC(=O)[C@H](O)[C@@]34[C@H](C(C)(C)C)[C@H]5O)[C@]21O. The van der Waals surface area contributed by atoms with E-state index in [-0.39, 0.29) is 6.42 Å². The van der Waals surface area contributed by atoms with E-state index in [2.05, 4.69) is 0 Å². The van der Waals surface area contributed by atoms with Crippen LogP contribution in [0, 0.1) is 28.1 Å². The van der Waals surface area contributed by atoms with Crippen LogP contribution < -0.4 is 0 Å². The number of hydrogen-bond donors (Lipinski definition) is 4. The van der Waals surface area contributed by atoms with E-state index < -0.39 is 87.6 Å². The Morgan fingerprint density at radius 3 is 2.29 bits per heavy atom. The minimum absolute atomic E-state index is 0.282. The number of fused-ring (bicyclic) bond motifs is 1. The molecule has 6 aliphatic rings. The first-order valence-electron chi connectivity index (χ1n) is 10.3. The second-order valence-corrected chi connectivity index (χ2v) is 10.9. The Balaban J connectivity index is 1.75. The van der Waals surface area contributed by atoms with Gasteiger partial charge in [0.05, 0.1) is 17.4 Å². The number of aliphatic hydroxyl groups is 4. The minimum Gasteiger partial charge on any atom is -0.459 e. The molecule has 11 heteroatoms. The molecular weight excluding hydrogens is 416 g/mol. The van der Waals surface area contributed by atoms with E-state index in [9.17, 15) is 34.8 Å². The third-order valence-electron chi connectivity index (χ3n) is 8.99. The molecule has 4 aliphatic heterocycles. The van der Waals surface area contributed by atoms with Crippen molar-refractivity contribution in [2.75, 3.05) is 0 Å². The Morgan fingerprint density at radius 2 is 1.68 bits per heavy atom. The molecule has 0 bridgehead atoms. The molecular formula is C20H24O11. The van der Waals surface area contributed by atoms with Gasteiger partial charge in [0.1, 0.15) is 17.6 Å². The van der Waals surface area contributed by atoms with Gasteiger partial charge in [-0.05, 0) is 12.3 Å². The zero-order valence-electron chi connectivity index (χ0n) is 17.3. The summed E-state index contributed by atoms with van der Waals surface area (Å²) in [5, 5.41) is 46.1. The lowest BCUT2D eigenvalue weighted by Gasteiger charge is -2.47. The van der Waals surface area contributed by atoms with Crippen molar-refractivity contribution in [2.45, 2.75) is 75.7 Å². The number of aliphatic hydroxyl groups excluding tert-OH is 2. The molecule has 11 nitrogen and oxygen atoms in total. The van der Waals surface area contributed by atoms with Crippen molar-refractivity contribution in [1.82, 2.24) is 0 Å². The third kappa shape index (κ3) is 1.43.